The van der Waals surface area contributed by atoms with E-state index >= 15 is 0 Å². The topological polar surface area (TPSA) is 85.6 Å². The van der Waals surface area contributed by atoms with Crippen LogP contribution in [0.3, 0.4) is 0 Å². The van der Waals surface area contributed by atoms with Gasteiger partial charge in [0, 0.05) is 11.3 Å². The summed E-state index contributed by atoms with van der Waals surface area (Å²) >= 11 is 6.95. The molecule has 0 bridgehead atoms. The number of nitrogens with zero attached hydrogens (tertiary/aromatic N) is 3. The number of anilines is 1. The predicted molar refractivity (Wildman–Crippen MR) is 157 cm³/mol. The third-order valence-electron chi connectivity index (χ3n) is 5.60. The Labute approximate surface area is 239 Å². The van der Waals surface area contributed by atoms with Crippen molar-refractivity contribution in [2.24, 2.45) is 5.10 Å². The molecular weight excluding hydrogens is 631 g/mol. The standard InChI is InChI=1S/C29H19Br2FN4O3/c30-23-14-18(15-24(31)27(23)39-17-26(37)34-21-12-10-20(32)11-13-21)16-33-36-28(19-6-2-1-3-7-19)35-25-9-5-4-8-22(25)29(36)38/h1-16H,17H2,(H,34,37). The van der Waals surface area contributed by atoms with E-state index in [9.17, 15) is 14.0 Å². The molecule has 4 aromatic carbocycles. The minimum atomic E-state index is -0.400. The molecule has 0 saturated carbocycles. The van der Waals surface area contributed by atoms with Crippen molar-refractivity contribution in [3.63, 3.8) is 0 Å². The van der Waals surface area contributed by atoms with Crippen LogP contribution in [-0.4, -0.2) is 28.4 Å². The zero-order valence-electron chi connectivity index (χ0n) is 20.1. The molecule has 1 aromatic heterocycles. The molecule has 0 unspecified atom stereocenters. The molecule has 0 spiro atoms. The fourth-order valence-electron chi connectivity index (χ4n) is 3.79. The van der Waals surface area contributed by atoms with Crippen molar-refractivity contribution in [2.45, 2.75) is 0 Å². The molecule has 0 aliphatic carbocycles. The normalized spacial score (nSPS) is 11.2. The zero-order chi connectivity index (χ0) is 27.4. The summed E-state index contributed by atoms with van der Waals surface area (Å²) in [6.45, 7) is -0.263. The number of para-hydroxylation sites is 1. The van der Waals surface area contributed by atoms with Gasteiger partial charge in [0.2, 0.25) is 0 Å². The number of nitrogens with one attached hydrogen (secondary N) is 1. The Morgan fingerprint density at radius 3 is 2.36 bits per heavy atom. The molecule has 194 valence electrons. The molecular formula is C29H19Br2FN4O3. The largest absolute Gasteiger partial charge is 0.481 e. The van der Waals surface area contributed by atoms with Crippen LogP contribution in [0.5, 0.6) is 5.75 Å². The molecule has 10 heteroatoms. The van der Waals surface area contributed by atoms with E-state index in [1.807, 2.05) is 36.4 Å². The SMILES string of the molecule is O=C(COc1c(Br)cc(C=Nn2c(-c3ccccc3)nc3ccccc3c2=O)cc1Br)Nc1ccc(F)cc1. The molecule has 7 nitrogen and oxygen atoms in total. The quantitative estimate of drug-likeness (QED) is 0.201. The van der Waals surface area contributed by atoms with Gasteiger partial charge in [-0.15, -0.1) is 0 Å². The van der Waals surface area contributed by atoms with Crippen LogP contribution in [-0.2, 0) is 4.79 Å². The van der Waals surface area contributed by atoms with Crippen LogP contribution in [0.2, 0.25) is 0 Å². The number of hydrogen-bond donors (Lipinski definition) is 1. The molecule has 1 heterocycles. The third kappa shape index (κ3) is 6.13. The highest BCUT2D eigenvalue weighted by Gasteiger charge is 2.14. The lowest BCUT2D eigenvalue weighted by molar-refractivity contribution is -0.118. The van der Waals surface area contributed by atoms with Gasteiger partial charge in [-0.05, 0) is 86.0 Å². The highest BCUT2D eigenvalue weighted by Crippen LogP contribution is 2.34. The lowest BCUT2D eigenvalue weighted by Crippen LogP contribution is -2.20. The first-order valence-electron chi connectivity index (χ1n) is 11.7. The van der Waals surface area contributed by atoms with E-state index in [0.29, 0.717) is 42.7 Å². The summed E-state index contributed by atoms with van der Waals surface area (Å²) in [4.78, 5) is 30.3. The lowest BCUT2D eigenvalue weighted by Gasteiger charge is -2.12. The van der Waals surface area contributed by atoms with E-state index in [-0.39, 0.29) is 12.2 Å². The van der Waals surface area contributed by atoms with Crippen molar-refractivity contribution < 1.29 is 13.9 Å². The fourth-order valence-corrected chi connectivity index (χ4v) is 5.24. The van der Waals surface area contributed by atoms with Crippen molar-refractivity contribution in [1.29, 1.82) is 0 Å². The summed E-state index contributed by atoms with van der Waals surface area (Å²) in [5.41, 5.74) is 2.17. The van der Waals surface area contributed by atoms with E-state index < -0.39 is 11.7 Å². The Morgan fingerprint density at radius 1 is 0.974 bits per heavy atom. The Morgan fingerprint density at radius 2 is 1.64 bits per heavy atom. The summed E-state index contributed by atoms with van der Waals surface area (Å²) in [6, 6.07) is 25.5. The maximum atomic E-state index is 13.3. The number of aromatic nitrogens is 2. The number of benzene rings is 4. The third-order valence-corrected chi connectivity index (χ3v) is 6.78. The molecule has 5 rings (SSSR count). The maximum absolute atomic E-state index is 13.3. The van der Waals surface area contributed by atoms with E-state index in [2.05, 4.69) is 42.3 Å². The minimum Gasteiger partial charge on any atom is -0.481 e. The van der Waals surface area contributed by atoms with E-state index in [1.54, 1.807) is 36.5 Å². The average Bonchev–Trinajstić information content (AvgIpc) is 2.94. The van der Waals surface area contributed by atoms with Gasteiger partial charge >= 0.3 is 0 Å². The molecule has 1 amide bonds. The first-order valence-corrected chi connectivity index (χ1v) is 13.3. The van der Waals surface area contributed by atoms with Gasteiger partial charge in [0.1, 0.15) is 11.6 Å². The Bertz CT molecular complexity index is 1730. The summed E-state index contributed by atoms with van der Waals surface area (Å²) in [6.07, 6.45) is 1.55. The van der Waals surface area contributed by atoms with Crippen molar-refractivity contribution in [3.8, 4) is 17.1 Å². The summed E-state index contributed by atoms with van der Waals surface area (Å²) in [5.74, 6) is 0.0400. The number of ether oxygens (including phenoxy) is 1. The Balaban J connectivity index is 1.39. The van der Waals surface area contributed by atoms with E-state index in [4.69, 9.17) is 9.72 Å². The summed E-state index contributed by atoms with van der Waals surface area (Å²) in [7, 11) is 0. The second kappa shape index (κ2) is 11.7. The van der Waals surface area contributed by atoms with Crippen LogP contribution < -0.4 is 15.6 Å². The lowest BCUT2D eigenvalue weighted by atomic mass is 10.2. The number of amides is 1. The summed E-state index contributed by atoms with van der Waals surface area (Å²) in [5, 5.41) is 7.59. The molecule has 0 aliphatic rings. The van der Waals surface area contributed by atoms with Gasteiger partial charge in [-0.25, -0.2) is 9.37 Å². The molecule has 0 atom stereocenters. The highest BCUT2D eigenvalue weighted by molar-refractivity contribution is 9.11. The monoisotopic (exact) mass is 648 g/mol. The number of hydrogen-bond acceptors (Lipinski definition) is 5. The van der Waals surface area contributed by atoms with Gasteiger partial charge in [0.25, 0.3) is 11.5 Å². The fraction of sp³-hybridized carbons (Fsp3) is 0.0345. The Kier molecular flexibility index (Phi) is 7.94. The zero-order valence-corrected chi connectivity index (χ0v) is 23.3. The number of halogens is 3. The van der Waals surface area contributed by atoms with E-state index in [0.717, 1.165) is 5.56 Å². The van der Waals surface area contributed by atoms with Crippen LogP contribution >= 0.6 is 31.9 Å². The number of carbonyl (C=O) groups excluding carboxylic acids is 1. The predicted octanol–water partition coefficient (Wildman–Crippen LogP) is 6.63. The average molecular weight is 650 g/mol. The van der Waals surface area contributed by atoms with Crippen LogP contribution in [0.1, 0.15) is 5.56 Å². The molecule has 0 aliphatic heterocycles. The number of fused-ring (bicyclic) bond motifs is 1. The van der Waals surface area contributed by atoms with Gasteiger partial charge in [-0.2, -0.15) is 9.78 Å². The van der Waals surface area contributed by atoms with Gasteiger partial charge in [-0.1, -0.05) is 42.5 Å². The van der Waals surface area contributed by atoms with Gasteiger partial charge in [0.15, 0.2) is 12.4 Å². The highest BCUT2D eigenvalue weighted by atomic mass is 79.9. The van der Waals surface area contributed by atoms with Crippen molar-refractivity contribution in [1.82, 2.24) is 9.66 Å². The number of rotatable bonds is 7. The summed E-state index contributed by atoms with van der Waals surface area (Å²) < 4.78 is 21.2. The van der Waals surface area contributed by atoms with Crippen LogP contribution in [0.15, 0.2) is 110 Å². The molecule has 5 aromatic rings. The van der Waals surface area contributed by atoms with Crippen LogP contribution in [0.25, 0.3) is 22.3 Å². The second-order valence-electron chi connectivity index (χ2n) is 8.34. The first kappa shape index (κ1) is 26.5. The van der Waals surface area contributed by atoms with Crippen molar-refractivity contribution in [3.05, 3.63) is 122 Å². The second-order valence-corrected chi connectivity index (χ2v) is 10.0. The Hall–Kier alpha value is -4.15. The molecule has 0 radical (unpaired) electrons. The van der Waals surface area contributed by atoms with Gasteiger partial charge in [-0.3, -0.25) is 9.59 Å². The van der Waals surface area contributed by atoms with Gasteiger partial charge < -0.3 is 10.1 Å². The maximum Gasteiger partial charge on any atom is 0.282 e. The van der Waals surface area contributed by atoms with Crippen molar-refractivity contribution >= 4 is 60.6 Å². The number of carbonyl (C=O) groups is 1. The smallest absolute Gasteiger partial charge is 0.282 e. The molecule has 1 N–H and O–H groups in total. The van der Waals surface area contributed by atoms with Crippen LogP contribution in [0, 0.1) is 5.82 Å². The van der Waals surface area contributed by atoms with Crippen molar-refractivity contribution in [2.75, 3.05) is 11.9 Å². The van der Waals surface area contributed by atoms with Crippen LogP contribution in [0.4, 0.5) is 10.1 Å². The van der Waals surface area contributed by atoms with Gasteiger partial charge in [0.05, 0.1) is 26.1 Å². The minimum absolute atomic E-state index is 0.263. The first-order chi connectivity index (χ1) is 18.9. The van der Waals surface area contributed by atoms with E-state index in [1.165, 1.54) is 28.9 Å². The molecule has 0 fully saturated rings. The molecule has 0 saturated heterocycles. The molecule has 39 heavy (non-hydrogen) atoms.